The second kappa shape index (κ2) is 8.14. The summed E-state index contributed by atoms with van der Waals surface area (Å²) in [7, 11) is 2.07. The van der Waals surface area contributed by atoms with Gasteiger partial charge in [-0.25, -0.2) is 4.98 Å². The van der Waals surface area contributed by atoms with Gasteiger partial charge in [-0.05, 0) is 57.1 Å². The second-order valence-corrected chi connectivity index (χ2v) is 7.71. The smallest absolute Gasteiger partial charge is 0.226 e. The number of piperidine rings is 1. The molecule has 4 rings (SSSR count). The number of nitrogens with one attached hydrogen (secondary N) is 1. The van der Waals surface area contributed by atoms with E-state index in [1.807, 2.05) is 37.4 Å². The molecule has 0 bridgehead atoms. The predicted octanol–water partition coefficient (Wildman–Crippen LogP) is 3.35. The lowest BCUT2D eigenvalue weighted by Crippen LogP contribution is -2.30. The van der Waals surface area contributed by atoms with Crippen molar-refractivity contribution in [1.29, 1.82) is 0 Å². The molecule has 0 spiro atoms. The minimum Gasteiger partial charge on any atom is -0.330 e. The molecule has 7 heteroatoms. The molecule has 0 radical (unpaired) electrons. The van der Waals surface area contributed by atoms with Gasteiger partial charge in [-0.2, -0.15) is 5.10 Å². The number of amides is 1. The summed E-state index contributed by atoms with van der Waals surface area (Å²) in [4.78, 5) is 19.7. The van der Waals surface area contributed by atoms with Crippen molar-refractivity contribution >= 4 is 22.6 Å². The van der Waals surface area contributed by atoms with Gasteiger partial charge in [0.15, 0.2) is 0 Å². The first-order valence-corrected chi connectivity index (χ1v) is 10.1. The van der Waals surface area contributed by atoms with Gasteiger partial charge in [0.2, 0.25) is 5.91 Å². The minimum atomic E-state index is -0.0215. The van der Waals surface area contributed by atoms with Gasteiger partial charge in [0, 0.05) is 31.5 Å². The lowest BCUT2D eigenvalue weighted by Gasteiger charge is -2.25. The molecule has 2 aromatic heterocycles. The molecule has 3 aromatic rings. The number of aromatic nitrogens is 4. The highest BCUT2D eigenvalue weighted by Gasteiger charge is 2.16. The van der Waals surface area contributed by atoms with E-state index in [9.17, 15) is 4.79 Å². The number of carbonyl (C=O) groups is 1. The maximum absolute atomic E-state index is 12.4. The van der Waals surface area contributed by atoms with E-state index in [-0.39, 0.29) is 11.9 Å². The number of imidazole rings is 1. The predicted molar refractivity (Wildman–Crippen MR) is 110 cm³/mol. The van der Waals surface area contributed by atoms with E-state index in [0.29, 0.717) is 6.42 Å². The highest BCUT2D eigenvalue weighted by atomic mass is 16.1. The number of likely N-dealkylation sites (tertiary alicyclic amines) is 1. The highest BCUT2D eigenvalue weighted by Crippen LogP contribution is 2.22. The van der Waals surface area contributed by atoms with Crippen LogP contribution in [0, 0.1) is 0 Å². The third-order valence-electron chi connectivity index (χ3n) is 5.53. The fourth-order valence-corrected chi connectivity index (χ4v) is 3.90. The second-order valence-electron chi connectivity index (χ2n) is 7.71. The van der Waals surface area contributed by atoms with Crippen LogP contribution < -0.4 is 5.32 Å². The van der Waals surface area contributed by atoms with Gasteiger partial charge in [0.1, 0.15) is 5.82 Å². The Morgan fingerprint density at radius 3 is 2.82 bits per heavy atom. The van der Waals surface area contributed by atoms with Gasteiger partial charge in [0.05, 0.1) is 23.6 Å². The molecule has 3 heterocycles. The van der Waals surface area contributed by atoms with E-state index in [4.69, 9.17) is 4.98 Å². The van der Waals surface area contributed by atoms with Crippen molar-refractivity contribution in [1.82, 2.24) is 24.2 Å². The van der Waals surface area contributed by atoms with Crippen molar-refractivity contribution in [2.45, 2.75) is 45.2 Å². The molecule has 1 N–H and O–H groups in total. The van der Waals surface area contributed by atoms with Gasteiger partial charge >= 0.3 is 0 Å². The molecule has 1 aromatic carbocycles. The topological polar surface area (TPSA) is 68.0 Å². The van der Waals surface area contributed by atoms with E-state index in [2.05, 4.69) is 26.9 Å². The summed E-state index contributed by atoms with van der Waals surface area (Å²) in [5, 5.41) is 7.19. The molecule has 0 aliphatic carbocycles. The molecule has 0 saturated carbocycles. The van der Waals surface area contributed by atoms with Crippen molar-refractivity contribution in [2.24, 2.45) is 7.05 Å². The van der Waals surface area contributed by atoms with Crippen molar-refractivity contribution in [3.8, 4) is 0 Å². The van der Waals surface area contributed by atoms with Crippen LogP contribution in [-0.4, -0.2) is 43.2 Å². The van der Waals surface area contributed by atoms with E-state index < -0.39 is 0 Å². The number of anilines is 1. The molecule has 0 unspecified atom stereocenters. The largest absolute Gasteiger partial charge is 0.330 e. The molecular formula is C21H28N6O. The first-order chi connectivity index (χ1) is 13.6. The van der Waals surface area contributed by atoms with E-state index in [0.717, 1.165) is 42.2 Å². The molecule has 1 aliphatic rings. The van der Waals surface area contributed by atoms with Crippen molar-refractivity contribution in [3.05, 3.63) is 42.5 Å². The highest BCUT2D eigenvalue weighted by molar-refractivity contribution is 5.93. The Bertz CT molecular complexity index is 939. The molecule has 148 valence electrons. The minimum absolute atomic E-state index is 0.0183. The standard InChI is InChI=1S/C21H28N6O/c1-16(27-12-6-9-22-27)13-21(28)23-17-7-8-19-18(14-17)24-20(25(19)2)15-26-10-4-3-5-11-26/h6-9,12,14,16H,3-5,10-11,13,15H2,1-2H3,(H,23,28)/t16-/m1/s1. The zero-order valence-corrected chi connectivity index (χ0v) is 16.6. The average molecular weight is 380 g/mol. The fourth-order valence-electron chi connectivity index (χ4n) is 3.90. The molecule has 1 atom stereocenters. The Hall–Kier alpha value is -2.67. The zero-order chi connectivity index (χ0) is 19.5. The SMILES string of the molecule is C[C@H](CC(=O)Nc1ccc2c(c1)nc(CN1CCCCC1)n2C)n1cccn1. The molecule has 7 nitrogen and oxygen atoms in total. The first-order valence-electron chi connectivity index (χ1n) is 10.1. The van der Waals surface area contributed by atoms with Crippen LogP contribution in [0.15, 0.2) is 36.7 Å². The van der Waals surface area contributed by atoms with Crippen LogP contribution in [0.3, 0.4) is 0 Å². The maximum atomic E-state index is 12.4. The molecule has 1 amide bonds. The van der Waals surface area contributed by atoms with Crippen LogP contribution in [0.25, 0.3) is 11.0 Å². The van der Waals surface area contributed by atoms with Gasteiger partial charge in [0.25, 0.3) is 0 Å². The Morgan fingerprint density at radius 1 is 1.25 bits per heavy atom. The molecule has 1 saturated heterocycles. The Labute approximate surface area is 165 Å². The molecule has 1 fully saturated rings. The lowest BCUT2D eigenvalue weighted by atomic mass is 10.1. The van der Waals surface area contributed by atoms with E-state index in [1.54, 1.807) is 10.9 Å². The monoisotopic (exact) mass is 380 g/mol. The lowest BCUT2D eigenvalue weighted by molar-refractivity contribution is -0.116. The summed E-state index contributed by atoms with van der Waals surface area (Å²) in [5.74, 6) is 1.06. The Kier molecular flexibility index (Phi) is 5.43. The molecular weight excluding hydrogens is 352 g/mol. The summed E-state index contributed by atoms with van der Waals surface area (Å²) in [6, 6.07) is 7.83. The summed E-state index contributed by atoms with van der Waals surface area (Å²) >= 11 is 0. The average Bonchev–Trinajstić information content (AvgIpc) is 3.32. The summed E-state index contributed by atoms with van der Waals surface area (Å²) in [6.07, 6.45) is 7.87. The van der Waals surface area contributed by atoms with Crippen molar-refractivity contribution in [3.63, 3.8) is 0 Å². The quantitative estimate of drug-likeness (QED) is 0.712. The van der Waals surface area contributed by atoms with Crippen LogP contribution in [0.5, 0.6) is 0 Å². The summed E-state index contributed by atoms with van der Waals surface area (Å²) in [6.45, 7) is 5.17. The van der Waals surface area contributed by atoms with E-state index in [1.165, 1.54) is 19.3 Å². The number of carbonyl (C=O) groups excluding carboxylic acids is 1. The third kappa shape index (κ3) is 4.09. The van der Waals surface area contributed by atoms with Crippen molar-refractivity contribution in [2.75, 3.05) is 18.4 Å². The molecule has 1 aliphatic heterocycles. The summed E-state index contributed by atoms with van der Waals surface area (Å²) < 4.78 is 3.96. The zero-order valence-electron chi connectivity index (χ0n) is 16.6. The Morgan fingerprint density at radius 2 is 2.07 bits per heavy atom. The summed E-state index contributed by atoms with van der Waals surface area (Å²) in [5.41, 5.74) is 2.80. The van der Waals surface area contributed by atoms with Crippen LogP contribution in [0.2, 0.25) is 0 Å². The van der Waals surface area contributed by atoms with Gasteiger partial charge < -0.3 is 9.88 Å². The fraction of sp³-hybridized carbons (Fsp3) is 0.476. The number of hydrogen-bond acceptors (Lipinski definition) is 4. The number of fused-ring (bicyclic) bond motifs is 1. The van der Waals surface area contributed by atoms with Gasteiger partial charge in [-0.15, -0.1) is 0 Å². The van der Waals surface area contributed by atoms with Crippen LogP contribution in [0.1, 0.15) is 44.5 Å². The number of nitrogens with zero attached hydrogens (tertiary/aromatic N) is 5. The van der Waals surface area contributed by atoms with Crippen LogP contribution >= 0.6 is 0 Å². The first kappa shape index (κ1) is 18.7. The van der Waals surface area contributed by atoms with Gasteiger partial charge in [-0.1, -0.05) is 6.42 Å². The van der Waals surface area contributed by atoms with Crippen LogP contribution in [0.4, 0.5) is 5.69 Å². The van der Waals surface area contributed by atoms with Crippen molar-refractivity contribution < 1.29 is 4.79 Å². The van der Waals surface area contributed by atoms with E-state index >= 15 is 0 Å². The number of aryl methyl sites for hydroxylation is 1. The molecule has 28 heavy (non-hydrogen) atoms. The van der Waals surface area contributed by atoms with Crippen LogP contribution in [-0.2, 0) is 18.4 Å². The van der Waals surface area contributed by atoms with Gasteiger partial charge in [-0.3, -0.25) is 14.4 Å². The Balaban J connectivity index is 1.44. The number of rotatable bonds is 6. The third-order valence-corrected chi connectivity index (χ3v) is 5.53. The number of benzene rings is 1. The normalized spacial score (nSPS) is 16.4. The number of hydrogen-bond donors (Lipinski definition) is 1. The maximum Gasteiger partial charge on any atom is 0.226 e.